The van der Waals surface area contributed by atoms with Gasteiger partial charge in [0.25, 0.3) is 0 Å². The molecule has 2 bridgehead atoms. The highest BCUT2D eigenvalue weighted by Crippen LogP contribution is 2.53. The molecule has 23 heavy (non-hydrogen) atoms. The number of carbonyl (C=O) groups is 1. The van der Waals surface area contributed by atoms with E-state index >= 15 is 0 Å². The lowest BCUT2D eigenvalue weighted by atomic mass is 9.65. The van der Waals surface area contributed by atoms with Gasteiger partial charge in [0.15, 0.2) is 0 Å². The van der Waals surface area contributed by atoms with E-state index in [-0.39, 0.29) is 27.3 Å². The van der Waals surface area contributed by atoms with Crippen LogP contribution in [0.2, 0.25) is 0 Å². The third kappa shape index (κ3) is 2.90. The highest BCUT2D eigenvalue weighted by Gasteiger charge is 2.53. The van der Waals surface area contributed by atoms with E-state index < -0.39 is 16.0 Å². The molecular formula is C17H22NO4S-. The molecule has 2 aliphatic rings. The minimum Gasteiger partial charge on any atom is -0.545 e. The van der Waals surface area contributed by atoms with Crippen LogP contribution < -0.4 is 5.11 Å². The zero-order chi connectivity index (χ0) is 17.0. The summed E-state index contributed by atoms with van der Waals surface area (Å²) >= 11 is 0. The molecule has 1 aromatic carbocycles. The number of aromatic carboxylic acids is 1. The number of carbonyl (C=O) groups excluding carboxylic acids is 1. The Balaban J connectivity index is 1.98. The highest BCUT2D eigenvalue weighted by atomic mass is 32.2. The van der Waals surface area contributed by atoms with Gasteiger partial charge in [0.05, 0.1) is 10.9 Å². The topological polar surface area (TPSA) is 77.5 Å². The maximum atomic E-state index is 13.0. The number of fused-ring (bicyclic) bond motifs is 2. The summed E-state index contributed by atoms with van der Waals surface area (Å²) < 4.78 is 27.6. The number of hydrogen-bond donors (Lipinski definition) is 0. The van der Waals surface area contributed by atoms with Crippen LogP contribution in [0.5, 0.6) is 0 Å². The summed E-state index contributed by atoms with van der Waals surface area (Å²) in [6.45, 7) is 7.02. The fraction of sp³-hybridized carbons (Fsp3) is 0.588. The lowest BCUT2D eigenvalue weighted by Gasteiger charge is -2.39. The van der Waals surface area contributed by atoms with Gasteiger partial charge in [-0.25, -0.2) is 8.42 Å². The summed E-state index contributed by atoms with van der Waals surface area (Å²) in [6, 6.07) is 5.44. The molecular weight excluding hydrogens is 314 g/mol. The number of benzene rings is 1. The third-order valence-corrected chi connectivity index (χ3v) is 6.94. The number of carboxylic acids is 1. The standard InChI is InChI=1S/C17H23NO4S/c1-16(2)8-13-9-17(3,10-16)11-18(13)23(21,22)14-6-4-5-12(7-14)15(19)20/h4-7,13H,8-11H2,1-3H3,(H,19,20)/p-1/t13-,17-/m1/s1. The van der Waals surface area contributed by atoms with Gasteiger partial charge in [0.1, 0.15) is 0 Å². The highest BCUT2D eigenvalue weighted by molar-refractivity contribution is 7.89. The number of nitrogens with zero attached hydrogens (tertiary/aromatic N) is 1. The van der Waals surface area contributed by atoms with E-state index in [0.717, 1.165) is 19.3 Å². The van der Waals surface area contributed by atoms with Gasteiger partial charge in [0, 0.05) is 12.6 Å². The van der Waals surface area contributed by atoms with E-state index in [1.807, 2.05) is 0 Å². The van der Waals surface area contributed by atoms with Gasteiger partial charge in [-0.15, -0.1) is 0 Å². The van der Waals surface area contributed by atoms with E-state index in [4.69, 9.17) is 0 Å². The Morgan fingerprint density at radius 1 is 1.26 bits per heavy atom. The van der Waals surface area contributed by atoms with Crippen molar-refractivity contribution in [3.8, 4) is 0 Å². The van der Waals surface area contributed by atoms with Gasteiger partial charge in [-0.3, -0.25) is 0 Å². The molecule has 1 saturated carbocycles. The van der Waals surface area contributed by atoms with Gasteiger partial charge < -0.3 is 9.90 Å². The molecule has 0 spiro atoms. The molecule has 1 aliphatic heterocycles. The average Bonchev–Trinajstić information content (AvgIpc) is 2.68. The molecule has 0 amide bonds. The van der Waals surface area contributed by atoms with Crippen LogP contribution >= 0.6 is 0 Å². The maximum Gasteiger partial charge on any atom is 0.243 e. The molecule has 1 aliphatic carbocycles. The molecule has 2 fully saturated rings. The third-order valence-electron chi connectivity index (χ3n) is 5.04. The van der Waals surface area contributed by atoms with Gasteiger partial charge in [-0.1, -0.05) is 32.9 Å². The van der Waals surface area contributed by atoms with Crippen molar-refractivity contribution in [3.63, 3.8) is 0 Å². The average molecular weight is 336 g/mol. The van der Waals surface area contributed by atoms with Crippen LogP contribution in [-0.2, 0) is 10.0 Å². The first kappa shape index (κ1) is 16.5. The molecule has 6 heteroatoms. The molecule has 0 N–H and O–H groups in total. The molecule has 1 aromatic rings. The Kier molecular flexibility index (Phi) is 3.61. The largest absolute Gasteiger partial charge is 0.545 e. The summed E-state index contributed by atoms with van der Waals surface area (Å²) in [7, 11) is -3.70. The Labute approximate surface area is 137 Å². The van der Waals surface area contributed by atoms with Crippen molar-refractivity contribution >= 4 is 16.0 Å². The first-order chi connectivity index (χ1) is 10.5. The SMILES string of the molecule is CC1(C)C[C@@H]2C[C@@](C)(CN2S(=O)(=O)c2cccc(C(=O)[O-])c2)C1. The smallest absolute Gasteiger partial charge is 0.243 e. The molecule has 0 aromatic heterocycles. The van der Waals surface area contributed by atoms with Crippen LogP contribution in [0.15, 0.2) is 29.2 Å². The van der Waals surface area contributed by atoms with Crippen molar-refractivity contribution in [1.82, 2.24) is 4.31 Å². The zero-order valence-electron chi connectivity index (χ0n) is 13.7. The molecule has 0 unspecified atom stereocenters. The zero-order valence-corrected chi connectivity index (χ0v) is 14.5. The van der Waals surface area contributed by atoms with Crippen molar-refractivity contribution in [2.75, 3.05) is 6.54 Å². The van der Waals surface area contributed by atoms with E-state index in [9.17, 15) is 18.3 Å². The van der Waals surface area contributed by atoms with Crippen molar-refractivity contribution in [2.45, 2.75) is 51.0 Å². The molecule has 1 heterocycles. The Morgan fingerprint density at radius 3 is 2.61 bits per heavy atom. The number of carboxylic acid groups (broad SMARTS) is 1. The van der Waals surface area contributed by atoms with Crippen molar-refractivity contribution in [3.05, 3.63) is 29.8 Å². The second-order valence-corrected chi connectivity index (χ2v) is 9.97. The number of sulfonamides is 1. The van der Waals surface area contributed by atoms with Gasteiger partial charge in [0.2, 0.25) is 10.0 Å². The van der Waals surface area contributed by atoms with Crippen molar-refractivity contribution in [2.24, 2.45) is 10.8 Å². The minimum absolute atomic E-state index is 0.00848. The van der Waals surface area contributed by atoms with E-state index in [0.29, 0.717) is 6.54 Å². The van der Waals surface area contributed by atoms with E-state index in [1.165, 1.54) is 24.3 Å². The Morgan fingerprint density at radius 2 is 1.96 bits per heavy atom. The summed E-state index contributed by atoms with van der Waals surface area (Å²) in [4.78, 5) is 11.0. The first-order valence-electron chi connectivity index (χ1n) is 7.86. The predicted molar refractivity (Wildman–Crippen MR) is 84.2 cm³/mol. The van der Waals surface area contributed by atoms with Crippen LogP contribution in [0.25, 0.3) is 0 Å². The molecule has 1 saturated heterocycles. The summed E-state index contributed by atoms with van der Waals surface area (Å²) in [5.74, 6) is -1.37. The van der Waals surface area contributed by atoms with Crippen LogP contribution in [-0.4, -0.2) is 31.3 Å². The molecule has 0 radical (unpaired) electrons. The van der Waals surface area contributed by atoms with Gasteiger partial charge >= 0.3 is 0 Å². The van der Waals surface area contributed by atoms with Crippen LogP contribution in [0.4, 0.5) is 0 Å². The second-order valence-electron chi connectivity index (χ2n) is 8.08. The molecule has 126 valence electrons. The quantitative estimate of drug-likeness (QED) is 0.841. The minimum atomic E-state index is -3.70. The van der Waals surface area contributed by atoms with Crippen LogP contribution in [0.1, 0.15) is 50.4 Å². The maximum absolute atomic E-state index is 13.0. The fourth-order valence-corrected chi connectivity index (χ4v) is 6.43. The predicted octanol–water partition coefficient (Wildman–Crippen LogP) is 1.64. The van der Waals surface area contributed by atoms with E-state index in [2.05, 4.69) is 20.8 Å². The Bertz CT molecular complexity index is 756. The molecule has 2 atom stereocenters. The number of hydrogen-bond acceptors (Lipinski definition) is 4. The summed E-state index contributed by atoms with van der Waals surface area (Å²) in [6.07, 6.45) is 2.71. The monoisotopic (exact) mass is 336 g/mol. The lowest BCUT2D eigenvalue weighted by Crippen LogP contribution is -2.37. The lowest BCUT2D eigenvalue weighted by molar-refractivity contribution is -0.255. The van der Waals surface area contributed by atoms with Crippen molar-refractivity contribution in [1.29, 1.82) is 0 Å². The first-order valence-corrected chi connectivity index (χ1v) is 9.30. The molecule has 5 nitrogen and oxygen atoms in total. The van der Waals surface area contributed by atoms with E-state index in [1.54, 1.807) is 4.31 Å². The Hall–Kier alpha value is -1.40. The van der Waals surface area contributed by atoms with Crippen LogP contribution in [0, 0.1) is 10.8 Å². The van der Waals surface area contributed by atoms with Gasteiger partial charge in [-0.05, 0) is 47.8 Å². The fourth-order valence-electron chi connectivity index (χ4n) is 4.61. The van der Waals surface area contributed by atoms with Gasteiger partial charge in [-0.2, -0.15) is 4.31 Å². The number of rotatable bonds is 3. The molecule has 3 rings (SSSR count). The van der Waals surface area contributed by atoms with Crippen molar-refractivity contribution < 1.29 is 18.3 Å². The van der Waals surface area contributed by atoms with Crippen LogP contribution in [0.3, 0.4) is 0 Å². The summed E-state index contributed by atoms with van der Waals surface area (Å²) in [5, 5.41) is 11.0. The normalized spacial score (nSPS) is 30.3. The summed E-state index contributed by atoms with van der Waals surface area (Å²) in [5.41, 5.74) is 0.0000195. The second kappa shape index (κ2) is 5.05.